The molecule has 188 valence electrons. The maximum absolute atomic E-state index is 14.7. The van der Waals surface area contributed by atoms with Crippen molar-refractivity contribution in [2.45, 2.75) is 77.5 Å². The van der Waals surface area contributed by atoms with E-state index < -0.39 is 24.1 Å². The first kappa shape index (κ1) is 26.1. The van der Waals surface area contributed by atoms with E-state index in [-0.39, 0.29) is 17.6 Å². The van der Waals surface area contributed by atoms with Crippen molar-refractivity contribution in [3.05, 3.63) is 29.7 Å². The molecule has 3 N–H and O–H groups in total. The number of nitrogens with zero attached hydrogens (tertiary/aromatic N) is 1. The summed E-state index contributed by atoms with van der Waals surface area (Å²) >= 11 is 0. The predicted octanol–water partition coefficient (Wildman–Crippen LogP) is 3.94. The van der Waals surface area contributed by atoms with Crippen LogP contribution in [-0.2, 0) is 19.2 Å². The van der Waals surface area contributed by atoms with Gasteiger partial charge in [0.05, 0.1) is 0 Å². The van der Waals surface area contributed by atoms with Crippen molar-refractivity contribution in [1.82, 2.24) is 15.8 Å². The summed E-state index contributed by atoms with van der Waals surface area (Å²) in [6, 6.07) is 0.665. The Morgan fingerprint density at radius 3 is 2.65 bits per heavy atom. The molecule has 9 heteroatoms. The molecule has 2 aliphatic rings. The molecule has 0 aromatic carbocycles. The normalized spacial score (nSPS) is 20.3. The Hall–Kier alpha value is -2.52. The highest BCUT2D eigenvalue weighted by Crippen LogP contribution is 2.23. The Morgan fingerprint density at radius 2 is 1.97 bits per heavy atom. The van der Waals surface area contributed by atoms with E-state index in [4.69, 9.17) is 9.57 Å². The van der Waals surface area contributed by atoms with E-state index in [1.54, 1.807) is 0 Å². The van der Waals surface area contributed by atoms with Gasteiger partial charge in [0.1, 0.15) is 6.04 Å². The Morgan fingerprint density at radius 1 is 1.21 bits per heavy atom. The maximum Gasteiger partial charge on any atom is 0.267 e. The Labute approximate surface area is 201 Å². The maximum atomic E-state index is 14.7. The van der Waals surface area contributed by atoms with Crippen LogP contribution in [-0.4, -0.2) is 42.3 Å². The van der Waals surface area contributed by atoms with Crippen LogP contribution in [0.4, 0.5) is 10.2 Å². The zero-order valence-electron chi connectivity index (χ0n) is 20.1. The van der Waals surface area contributed by atoms with Crippen molar-refractivity contribution in [3.63, 3.8) is 0 Å². The van der Waals surface area contributed by atoms with Crippen molar-refractivity contribution in [1.29, 1.82) is 0 Å². The lowest BCUT2D eigenvalue weighted by Gasteiger charge is -2.26. The van der Waals surface area contributed by atoms with E-state index >= 15 is 0 Å². The van der Waals surface area contributed by atoms with E-state index in [0.29, 0.717) is 24.6 Å². The van der Waals surface area contributed by atoms with Crippen LogP contribution in [0.5, 0.6) is 0 Å². The number of hydrogen-bond acceptors (Lipinski definition) is 6. The number of hydroxylamine groups is 1. The Balaban J connectivity index is 1.51. The number of halogens is 1. The van der Waals surface area contributed by atoms with Gasteiger partial charge < -0.3 is 15.4 Å². The fourth-order valence-corrected chi connectivity index (χ4v) is 4.21. The predicted molar refractivity (Wildman–Crippen MR) is 128 cm³/mol. The van der Waals surface area contributed by atoms with Gasteiger partial charge in [0.15, 0.2) is 17.9 Å². The number of anilines is 1. The highest BCUT2D eigenvalue weighted by Gasteiger charge is 2.25. The van der Waals surface area contributed by atoms with E-state index in [1.165, 1.54) is 43.7 Å². The minimum absolute atomic E-state index is 0.00546. The molecule has 2 amide bonds. The molecule has 0 radical (unpaired) electrons. The molecule has 2 fully saturated rings. The molecule has 1 aliphatic heterocycles. The minimum atomic E-state index is -0.600. The molecule has 1 aromatic rings. The molecule has 0 bridgehead atoms. The second-order valence-corrected chi connectivity index (χ2v) is 9.43. The minimum Gasteiger partial charge on any atom is -0.356 e. The van der Waals surface area contributed by atoms with Crippen molar-refractivity contribution in [2.24, 2.45) is 11.8 Å². The van der Waals surface area contributed by atoms with E-state index in [1.807, 2.05) is 13.8 Å². The van der Waals surface area contributed by atoms with Crippen LogP contribution in [0, 0.1) is 17.7 Å². The van der Waals surface area contributed by atoms with Gasteiger partial charge in [-0.3, -0.25) is 9.59 Å². The number of nitrogens with one attached hydrogen (secondary N) is 3. The summed E-state index contributed by atoms with van der Waals surface area (Å²) in [5, 5.41) is 5.97. The molecule has 34 heavy (non-hydrogen) atoms. The number of hydrogen-bond donors (Lipinski definition) is 3. The topological polar surface area (TPSA) is 102 Å². The van der Waals surface area contributed by atoms with E-state index in [9.17, 15) is 14.0 Å². The van der Waals surface area contributed by atoms with Gasteiger partial charge in [-0.1, -0.05) is 33.1 Å². The molecular weight excluding hydrogens is 439 g/mol. The molecule has 1 aliphatic carbocycles. The summed E-state index contributed by atoms with van der Waals surface area (Å²) in [5.74, 6) is -0.755. The Kier molecular flexibility index (Phi) is 10.3. The number of aromatic nitrogens is 1. The van der Waals surface area contributed by atoms with Crippen LogP contribution in [0.2, 0.25) is 0 Å². The van der Waals surface area contributed by atoms with Gasteiger partial charge >= 0.3 is 0 Å². The lowest BCUT2D eigenvalue weighted by atomic mass is 9.89. The van der Waals surface area contributed by atoms with Crippen LogP contribution < -0.4 is 16.1 Å². The summed E-state index contributed by atoms with van der Waals surface area (Å²) in [6.45, 7) is 5.08. The first-order valence-corrected chi connectivity index (χ1v) is 12.4. The SMILES string of the molecule is CC(C)[C@@H](Nc1ncc(C=CC(=O)NOC2CCCCO2)cc1F)C(=O)NCC1CCCCC1. The molecule has 1 unspecified atom stereocenters. The third kappa shape index (κ3) is 8.36. The second-order valence-electron chi connectivity index (χ2n) is 9.43. The van der Waals surface area contributed by atoms with Gasteiger partial charge in [-0.05, 0) is 55.2 Å². The number of carbonyl (C=O) groups is 2. The highest BCUT2D eigenvalue weighted by molar-refractivity contribution is 5.91. The fraction of sp³-hybridized carbons (Fsp3) is 0.640. The standard InChI is InChI=1S/C25H37FN4O4/c1-17(2)23(25(32)28-15-18-8-4-3-5-9-18)29-24-20(26)14-19(16-27-24)11-12-21(31)30-34-22-10-6-7-13-33-22/h11-12,14,16-18,22-23H,3-10,13,15H2,1-2H3,(H,27,29)(H,28,32)(H,30,31)/t22?,23-/m1/s1. The summed E-state index contributed by atoms with van der Waals surface area (Å²) in [4.78, 5) is 34.0. The molecule has 1 saturated carbocycles. The summed E-state index contributed by atoms with van der Waals surface area (Å²) in [6.07, 6.45) is 12.4. The number of ether oxygens (including phenoxy) is 1. The number of carbonyl (C=O) groups excluding carboxylic acids is 2. The molecule has 1 saturated heterocycles. The summed E-state index contributed by atoms with van der Waals surface area (Å²) in [7, 11) is 0. The zero-order valence-corrected chi connectivity index (χ0v) is 20.1. The molecular formula is C25H37FN4O4. The van der Waals surface area contributed by atoms with Crippen LogP contribution in [0.15, 0.2) is 18.3 Å². The van der Waals surface area contributed by atoms with E-state index in [2.05, 4.69) is 21.1 Å². The first-order chi connectivity index (χ1) is 16.4. The fourth-order valence-electron chi connectivity index (χ4n) is 4.21. The van der Waals surface area contributed by atoms with Crippen LogP contribution in [0.3, 0.4) is 0 Å². The van der Waals surface area contributed by atoms with Crippen LogP contribution in [0.1, 0.15) is 70.8 Å². The molecule has 3 rings (SSSR count). The number of pyridine rings is 1. The first-order valence-electron chi connectivity index (χ1n) is 12.4. The highest BCUT2D eigenvalue weighted by atomic mass is 19.1. The van der Waals surface area contributed by atoms with Crippen molar-refractivity contribution < 1.29 is 23.6 Å². The van der Waals surface area contributed by atoms with Crippen molar-refractivity contribution >= 4 is 23.7 Å². The third-order valence-corrected chi connectivity index (χ3v) is 6.25. The van der Waals surface area contributed by atoms with Crippen LogP contribution >= 0.6 is 0 Å². The molecule has 8 nitrogen and oxygen atoms in total. The average Bonchev–Trinajstić information content (AvgIpc) is 2.85. The third-order valence-electron chi connectivity index (χ3n) is 6.25. The quantitative estimate of drug-likeness (QED) is 0.349. The second kappa shape index (κ2) is 13.4. The van der Waals surface area contributed by atoms with E-state index in [0.717, 1.165) is 32.1 Å². The lowest BCUT2D eigenvalue weighted by molar-refractivity contribution is -0.198. The number of amides is 2. The Bertz CT molecular complexity index is 836. The van der Waals surface area contributed by atoms with Gasteiger partial charge in [-0.2, -0.15) is 0 Å². The van der Waals surface area contributed by atoms with Crippen LogP contribution in [0.25, 0.3) is 6.08 Å². The molecule has 2 atom stereocenters. The lowest BCUT2D eigenvalue weighted by Crippen LogP contribution is -2.45. The average molecular weight is 477 g/mol. The molecule has 0 spiro atoms. The van der Waals surface area contributed by atoms with Gasteiger partial charge in [0, 0.05) is 31.8 Å². The van der Waals surface area contributed by atoms with Gasteiger partial charge in [0.2, 0.25) is 5.91 Å². The monoisotopic (exact) mass is 476 g/mol. The van der Waals surface area contributed by atoms with Gasteiger partial charge in [-0.25, -0.2) is 19.7 Å². The smallest absolute Gasteiger partial charge is 0.267 e. The zero-order chi connectivity index (χ0) is 24.3. The van der Waals surface area contributed by atoms with Gasteiger partial charge in [-0.15, -0.1) is 0 Å². The largest absolute Gasteiger partial charge is 0.356 e. The summed E-state index contributed by atoms with van der Waals surface area (Å²) in [5.41, 5.74) is 2.73. The summed E-state index contributed by atoms with van der Waals surface area (Å²) < 4.78 is 20.1. The van der Waals surface area contributed by atoms with Crippen molar-refractivity contribution in [3.8, 4) is 0 Å². The van der Waals surface area contributed by atoms with Crippen molar-refractivity contribution in [2.75, 3.05) is 18.5 Å². The number of rotatable bonds is 10. The molecule has 2 heterocycles. The van der Waals surface area contributed by atoms with Gasteiger partial charge in [0.25, 0.3) is 5.91 Å². The molecule has 1 aromatic heterocycles.